The Labute approximate surface area is 185 Å². The summed E-state index contributed by atoms with van der Waals surface area (Å²) in [5.74, 6) is -0.122. The number of rotatable bonds is 5. The molecular formula is C21H21N5O5S. The fourth-order valence-electron chi connectivity index (χ4n) is 2.18. The van der Waals surface area contributed by atoms with Gasteiger partial charge in [-0.2, -0.15) is 18.6 Å². The predicted molar refractivity (Wildman–Crippen MR) is 121 cm³/mol. The molecule has 0 saturated heterocycles. The van der Waals surface area contributed by atoms with Gasteiger partial charge in [-0.1, -0.05) is 18.2 Å². The maximum atomic E-state index is 12.2. The molecule has 0 spiro atoms. The minimum Gasteiger partial charge on any atom is -0.423 e. The molecule has 10 nitrogen and oxygen atoms in total. The molecule has 0 atom stereocenters. The Balaban J connectivity index is 0.000000654. The molecule has 3 aromatic rings. The lowest BCUT2D eigenvalue weighted by atomic mass is 10.2. The summed E-state index contributed by atoms with van der Waals surface area (Å²) in [4.78, 5) is 16.1. The maximum absolute atomic E-state index is 12.2. The van der Waals surface area contributed by atoms with Crippen molar-refractivity contribution < 1.29 is 22.5 Å². The van der Waals surface area contributed by atoms with Crippen LogP contribution in [-0.2, 0) is 10.1 Å². The third-order valence-corrected chi connectivity index (χ3v) is 3.45. The normalized spacial score (nSPS) is 10.7. The molecule has 32 heavy (non-hydrogen) atoms. The second-order valence-corrected chi connectivity index (χ2v) is 7.70. The number of nitrogens with two attached hydrogens (primary N) is 2. The third-order valence-electron chi connectivity index (χ3n) is 3.45. The van der Waals surface area contributed by atoms with E-state index in [-0.39, 0.29) is 5.96 Å². The van der Waals surface area contributed by atoms with Gasteiger partial charge in [0.25, 0.3) is 10.1 Å². The van der Waals surface area contributed by atoms with Gasteiger partial charge in [-0.15, -0.1) is 0 Å². The van der Waals surface area contributed by atoms with Crippen molar-refractivity contribution in [1.29, 1.82) is 0 Å². The number of hydrogen-bond acceptors (Lipinski definition) is 7. The Morgan fingerprint density at radius 3 is 1.78 bits per heavy atom. The van der Waals surface area contributed by atoms with Crippen LogP contribution in [0.3, 0.4) is 0 Å². The lowest BCUT2D eigenvalue weighted by Crippen LogP contribution is -2.21. The van der Waals surface area contributed by atoms with E-state index >= 15 is 0 Å². The smallest absolute Gasteiger partial charge is 0.343 e. The van der Waals surface area contributed by atoms with Crippen molar-refractivity contribution in [3.63, 3.8) is 0 Å². The molecule has 0 aliphatic carbocycles. The number of esters is 1. The SMILES string of the molecule is CS(=O)(=O)O.NC(N)=Nc1ccc(OC(=O)c2ccc(N=Nc3ccccc3)cc2)cc1. The molecule has 0 aliphatic rings. The van der Waals surface area contributed by atoms with Crippen LogP contribution in [0.25, 0.3) is 0 Å². The van der Waals surface area contributed by atoms with E-state index in [2.05, 4.69) is 15.2 Å². The van der Waals surface area contributed by atoms with Crippen molar-refractivity contribution in [2.24, 2.45) is 26.7 Å². The van der Waals surface area contributed by atoms with Gasteiger partial charge in [0.15, 0.2) is 5.96 Å². The minimum absolute atomic E-state index is 0.0377. The third kappa shape index (κ3) is 9.61. The molecule has 3 rings (SSSR count). The van der Waals surface area contributed by atoms with E-state index in [4.69, 9.17) is 20.8 Å². The van der Waals surface area contributed by atoms with E-state index < -0.39 is 16.1 Å². The van der Waals surface area contributed by atoms with Gasteiger partial charge in [-0.25, -0.2) is 9.79 Å². The molecule has 0 aliphatic heterocycles. The quantitative estimate of drug-likeness (QED) is 0.131. The number of carbonyl (C=O) groups excluding carboxylic acids is 1. The highest BCUT2D eigenvalue weighted by atomic mass is 32.2. The molecular weight excluding hydrogens is 434 g/mol. The highest BCUT2D eigenvalue weighted by Gasteiger charge is 2.08. The molecule has 3 aromatic carbocycles. The number of aliphatic imine (C=N–C) groups is 1. The van der Waals surface area contributed by atoms with Crippen LogP contribution in [0.2, 0.25) is 0 Å². The highest BCUT2D eigenvalue weighted by molar-refractivity contribution is 7.85. The summed E-state index contributed by atoms with van der Waals surface area (Å²) in [7, 11) is -3.67. The largest absolute Gasteiger partial charge is 0.423 e. The summed E-state index contributed by atoms with van der Waals surface area (Å²) in [6.45, 7) is 0. The van der Waals surface area contributed by atoms with Gasteiger partial charge in [0, 0.05) is 0 Å². The Bertz CT molecular complexity index is 1180. The van der Waals surface area contributed by atoms with Crippen LogP contribution in [0.4, 0.5) is 17.1 Å². The van der Waals surface area contributed by atoms with Crippen LogP contribution >= 0.6 is 0 Å². The summed E-state index contributed by atoms with van der Waals surface area (Å²) in [6, 6.07) is 22.6. The van der Waals surface area contributed by atoms with Crippen molar-refractivity contribution in [3.8, 4) is 5.75 Å². The Kier molecular flexibility index (Phi) is 8.57. The molecule has 0 saturated carbocycles. The van der Waals surface area contributed by atoms with E-state index in [9.17, 15) is 13.2 Å². The molecule has 0 heterocycles. The fourth-order valence-corrected chi connectivity index (χ4v) is 2.18. The second-order valence-electron chi connectivity index (χ2n) is 6.24. The van der Waals surface area contributed by atoms with Crippen LogP contribution in [0.5, 0.6) is 5.75 Å². The monoisotopic (exact) mass is 455 g/mol. The summed E-state index contributed by atoms with van der Waals surface area (Å²) in [6.07, 6.45) is 0.715. The van der Waals surface area contributed by atoms with E-state index in [0.29, 0.717) is 28.9 Å². The number of benzene rings is 3. The lowest BCUT2D eigenvalue weighted by Gasteiger charge is -2.05. The number of carbonyl (C=O) groups is 1. The Morgan fingerprint density at radius 1 is 0.812 bits per heavy atom. The van der Waals surface area contributed by atoms with E-state index in [0.717, 1.165) is 5.69 Å². The van der Waals surface area contributed by atoms with Crippen molar-refractivity contribution in [2.75, 3.05) is 6.26 Å². The second kappa shape index (κ2) is 11.3. The van der Waals surface area contributed by atoms with Crippen molar-refractivity contribution in [3.05, 3.63) is 84.4 Å². The van der Waals surface area contributed by atoms with Crippen LogP contribution in [-0.4, -0.2) is 31.2 Å². The molecule has 11 heteroatoms. The summed E-state index contributed by atoms with van der Waals surface area (Å²) in [5, 5.41) is 8.26. The molecule has 0 amide bonds. The number of azo groups is 1. The minimum atomic E-state index is -3.67. The molecule has 5 N–H and O–H groups in total. The average molecular weight is 455 g/mol. The number of nitrogens with zero attached hydrogens (tertiary/aromatic N) is 3. The van der Waals surface area contributed by atoms with Crippen LogP contribution in [0, 0.1) is 0 Å². The highest BCUT2D eigenvalue weighted by Crippen LogP contribution is 2.21. The van der Waals surface area contributed by atoms with E-state index in [1.807, 2.05) is 30.3 Å². The first-order chi connectivity index (χ1) is 15.1. The average Bonchev–Trinajstić information content (AvgIpc) is 2.73. The molecule has 0 radical (unpaired) electrons. The van der Waals surface area contributed by atoms with E-state index in [1.165, 1.54) is 0 Å². The van der Waals surface area contributed by atoms with Gasteiger partial charge >= 0.3 is 5.97 Å². The lowest BCUT2D eigenvalue weighted by molar-refractivity contribution is 0.0734. The topological polar surface area (TPSA) is 170 Å². The van der Waals surface area contributed by atoms with Gasteiger partial charge in [0.05, 0.1) is 28.9 Å². The number of ether oxygens (including phenoxy) is 1. The standard InChI is InChI=1S/C20H17N5O2.CH4O3S/c21-20(22)23-15-10-12-18(13-11-15)27-19(26)14-6-8-17(9-7-14)25-24-16-4-2-1-3-5-16;1-5(2,3)4/h1-13H,(H4,21,22,23);1H3,(H,2,3,4). The molecule has 0 unspecified atom stereocenters. The van der Waals surface area contributed by atoms with Crippen molar-refractivity contribution in [2.45, 2.75) is 0 Å². The molecule has 0 bridgehead atoms. The fraction of sp³-hybridized carbons (Fsp3) is 0.0476. The number of hydrogen-bond donors (Lipinski definition) is 3. The first kappa shape index (κ1) is 24.2. The van der Waals surface area contributed by atoms with Crippen LogP contribution in [0.1, 0.15) is 10.4 Å². The van der Waals surface area contributed by atoms with Gasteiger partial charge in [0.1, 0.15) is 5.75 Å². The van der Waals surface area contributed by atoms with Gasteiger partial charge < -0.3 is 16.2 Å². The van der Waals surface area contributed by atoms with Crippen molar-refractivity contribution in [1.82, 2.24) is 0 Å². The van der Waals surface area contributed by atoms with Crippen LogP contribution < -0.4 is 16.2 Å². The van der Waals surface area contributed by atoms with E-state index in [1.54, 1.807) is 48.5 Å². The Morgan fingerprint density at radius 2 is 1.28 bits per heavy atom. The molecule has 0 fully saturated rings. The summed E-state index contributed by atoms with van der Waals surface area (Å²) >= 11 is 0. The zero-order valence-corrected chi connectivity index (χ0v) is 17.8. The van der Waals surface area contributed by atoms with Gasteiger partial charge in [-0.3, -0.25) is 4.55 Å². The first-order valence-corrected chi connectivity index (χ1v) is 10.9. The van der Waals surface area contributed by atoms with Gasteiger partial charge in [-0.05, 0) is 60.7 Å². The Hall–Kier alpha value is -4.09. The summed E-state index contributed by atoms with van der Waals surface area (Å²) in [5.41, 5.74) is 13.0. The number of guanidine groups is 1. The predicted octanol–water partition coefficient (Wildman–Crippen LogP) is 3.73. The molecule has 0 aromatic heterocycles. The zero-order valence-electron chi connectivity index (χ0n) is 17.0. The molecule has 166 valence electrons. The van der Waals surface area contributed by atoms with Crippen LogP contribution in [0.15, 0.2) is 94.1 Å². The maximum Gasteiger partial charge on any atom is 0.343 e. The van der Waals surface area contributed by atoms with Gasteiger partial charge in [0.2, 0.25) is 0 Å². The summed E-state index contributed by atoms with van der Waals surface area (Å²) < 4.78 is 31.2. The van der Waals surface area contributed by atoms with Crippen molar-refractivity contribution >= 4 is 39.1 Å². The first-order valence-electron chi connectivity index (χ1n) is 9.01. The zero-order chi connectivity index (χ0) is 23.6.